The number of nitrogens with zero attached hydrogens (tertiary/aromatic N) is 2. The first-order chi connectivity index (χ1) is 13.0. The third kappa shape index (κ3) is 3.13. The van der Waals surface area contributed by atoms with E-state index in [1.165, 1.54) is 47.2 Å². The largest absolute Gasteiger partial charge is 0.465 e. The Hall–Kier alpha value is -3.33. The number of hydrogen-bond donors (Lipinski definition) is 0. The maximum absolute atomic E-state index is 12.4. The van der Waals surface area contributed by atoms with Crippen LogP contribution in [0.3, 0.4) is 0 Å². The number of hydrogen-bond acceptors (Lipinski definition) is 7. The molecule has 1 unspecified atom stereocenters. The number of ether oxygens (including phenoxy) is 1. The summed E-state index contributed by atoms with van der Waals surface area (Å²) in [5.74, 6) is -0.304. The average molecular weight is 384 g/mol. The molecule has 0 aliphatic carbocycles. The predicted molar refractivity (Wildman–Crippen MR) is 95.9 cm³/mol. The van der Waals surface area contributed by atoms with Gasteiger partial charge in [-0.05, 0) is 35.9 Å². The minimum Gasteiger partial charge on any atom is -0.465 e. The summed E-state index contributed by atoms with van der Waals surface area (Å²) in [5.41, 5.74) is 1.33. The number of amides is 1. The Bertz CT molecular complexity index is 978. The number of carbonyl (C=O) groups excluding carboxylic acids is 2. The number of rotatable bonds is 5. The van der Waals surface area contributed by atoms with Crippen molar-refractivity contribution >= 4 is 35.4 Å². The maximum Gasteiger partial charge on any atom is 0.355 e. The molecular formula is C18H12N2O6S. The van der Waals surface area contributed by atoms with Gasteiger partial charge < -0.3 is 9.15 Å². The van der Waals surface area contributed by atoms with E-state index in [-0.39, 0.29) is 29.3 Å². The summed E-state index contributed by atoms with van der Waals surface area (Å²) in [7, 11) is 0. The van der Waals surface area contributed by atoms with Gasteiger partial charge in [0.05, 0.1) is 16.8 Å². The zero-order valence-electron chi connectivity index (χ0n) is 13.7. The molecule has 9 heteroatoms. The van der Waals surface area contributed by atoms with Gasteiger partial charge in [0, 0.05) is 17.5 Å². The molecule has 1 saturated heterocycles. The lowest BCUT2D eigenvalue weighted by molar-refractivity contribution is -0.384. The second kappa shape index (κ2) is 6.76. The van der Waals surface area contributed by atoms with Crippen molar-refractivity contribution in [3.05, 3.63) is 80.8 Å². The van der Waals surface area contributed by atoms with Gasteiger partial charge in [0.25, 0.3) is 11.6 Å². The van der Waals surface area contributed by atoms with E-state index in [0.717, 1.165) is 0 Å². The summed E-state index contributed by atoms with van der Waals surface area (Å²) < 4.78 is 10.4. The summed E-state index contributed by atoms with van der Waals surface area (Å²) in [6, 6.07) is 9.20. The van der Waals surface area contributed by atoms with Crippen molar-refractivity contribution in [3.63, 3.8) is 0 Å². The van der Waals surface area contributed by atoms with Crippen molar-refractivity contribution in [3.8, 4) is 0 Å². The minimum absolute atomic E-state index is 0.0372. The Kier molecular flexibility index (Phi) is 4.28. The van der Waals surface area contributed by atoms with E-state index in [0.29, 0.717) is 16.9 Å². The van der Waals surface area contributed by atoms with E-state index in [1.807, 2.05) is 0 Å². The van der Waals surface area contributed by atoms with Crippen molar-refractivity contribution in [2.45, 2.75) is 12.0 Å². The minimum atomic E-state index is -0.617. The number of thioether (sulfide) groups is 1. The molecule has 1 aromatic heterocycles. The quantitative estimate of drug-likeness (QED) is 0.257. The summed E-state index contributed by atoms with van der Waals surface area (Å²) >= 11 is 1.35. The Balaban J connectivity index is 1.38. The number of esters is 1. The van der Waals surface area contributed by atoms with Crippen LogP contribution in [0.4, 0.5) is 5.69 Å². The Morgan fingerprint density at radius 3 is 2.78 bits per heavy atom. The number of fused-ring (bicyclic) bond motifs is 1. The van der Waals surface area contributed by atoms with Crippen molar-refractivity contribution in [2.75, 3.05) is 0 Å². The molecule has 0 radical (unpaired) electrons. The topological polar surface area (TPSA) is 103 Å². The number of non-ortho nitro benzene ring substituents is 1. The van der Waals surface area contributed by atoms with Gasteiger partial charge in [-0.25, -0.2) is 4.79 Å². The molecule has 27 heavy (non-hydrogen) atoms. The van der Waals surface area contributed by atoms with Crippen molar-refractivity contribution in [2.24, 2.45) is 0 Å². The second-order valence-corrected chi connectivity index (χ2v) is 6.74. The molecule has 2 aromatic rings. The highest BCUT2D eigenvalue weighted by Gasteiger charge is 2.49. The molecular weight excluding hydrogens is 372 g/mol. The highest BCUT2D eigenvalue weighted by atomic mass is 32.2. The fourth-order valence-electron chi connectivity index (χ4n) is 2.72. The van der Waals surface area contributed by atoms with Gasteiger partial charge >= 0.3 is 5.97 Å². The zero-order chi connectivity index (χ0) is 19.0. The molecule has 0 bridgehead atoms. The molecule has 1 atom stereocenters. The van der Waals surface area contributed by atoms with Gasteiger partial charge in [0.1, 0.15) is 23.4 Å². The molecule has 1 fully saturated rings. The smallest absolute Gasteiger partial charge is 0.355 e. The lowest BCUT2D eigenvalue weighted by atomic mass is 10.0. The van der Waals surface area contributed by atoms with Crippen LogP contribution < -0.4 is 0 Å². The normalized spacial score (nSPS) is 19.5. The van der Waals surface area contributed by atoms with E-state index in [1.54, 1.807) is 23.6 Å². The van der Waals surface area contributed by atoms with Crippen LogP contribution in [0.1, 0.15) is 11.3 Å². The number of nitro benzene ring substituents is 1. The second-order valence-electron chi connectivity index (χ2n) is 5.78. The third-order valence-corrected chi connectivity index (χ3v) is 5.18. The van der Waals surface area contributed by atoms with Gasteiger partial charge in [0.15, 0.2) is 0 Å². The van der Waals surface area contributed by atoms with Crippen LogP contribution in [0.5, 0.6) is 0 Å². The van der Waals surface area contributed by atoms with Crippen LogP contribution in [0.2, 0.25) is 0 Å². The standard InChI is InChI=1S/C18H12N2O6S/c21-16-14(8-13-2-1-7-25-13)17-19(16)15(10-27-17)18(22)26-9-11-3-5-12(6-4-11)20(23)24/h1-8,10,17H,9H2/b14-8+. The van der Waals surface area contributed by atoms with Crippen LogP contribution in [0.25, 0.3) is 6.08 Å². The molecule has 4 rings (SSSR count). The number of furan rings is 1. The Morgan fingerprint density at radius 1 is 1.33 bits per heavy atom. The summed E-state index contributed by atoms with van der Waals surface area (Å²) in [4.78, 5) is 36.2. The SMILES string of the molecule is O=C(OCc1ccc([N+](=O)[O-])cc1)C1=CSC2/C(=C/c3ccco3)C(=O)N12. The maximum atomic E-state index is 12.4. The molecule has 2 aliphatic heterocycles. The highest BCUT2D eigenvalue weighted by molar-refractivity contribution is 8.03. The first-order valence-electron chi connectivity index (χ1n) is 7.89. The molecule has 136 valence electrons. The lowest BCUT2D eigenvalue weighted by Crippen LogP contribution is -2.51. The van der Waals surface area contributed by atoms with Crippen molar-refractivity contribution in [1.82, 2.24) is 4.90 Å². The van der Waals surface area contributed by atoms with Crippen LogP contribution in [0.15, 0.2) is 63.8 Å². The fourth-order valence-corrected chi connectivity index (χ4v) is 3.84. The average Bonchev–Trinajstić information content (AvgIpc) is 3.32. The van der Waals surface area contributed by atoms with Gasteiger partial charge in [0.2, 0.25) is 0 Å². The summed E-state index contributed by atoms with van der Waals surface area (Å²) in [5, 5.41) is 12.0. The number of carbonyl (C=O) groups is 2. The van der Waals surface area contributed by atoms with Crippen molar-refractivity contribution < 1.29 is 23.7 Å². The van der Waals surface area contributed by atoms with Gasteiger partial charge in [-0.15, -0.1) is 11.8 Å². The van der Waals surface area contributed by atoms with Gasteiger partial charge in [-0.1, -0.05) is 0 Å². The van der Waals surface area contributed by atoms with Crippen LogP contribution in [-0.2, 0) is 20.9 Å². The van der Waals surface area contributed by atoms with Crippen LogP contribution >= 0.6 is 11.8 Å². The molecule has 2 aliphatic rings. The van der Waals surface area contributed by atoms with Crippen LogP contribution in [0, 0.1) is 10.1 Å². The Morgan fingerprint density at radius 2 is 2.11 bits per heavy atom. The Labute approximate surface area is 157 Å². The number of nitro groups is 1. The molecule has 0 N–H and O–H groups in total. The van der Waals surface area contributed by atoms with E-state index in [9.17, 15) is 19.7 Å². The first kappa shape index (κ1) is 17.1. The number of β-lactam (4-membered cyclic amide) rings is 1. The molecule has 8 nitrogen and oxygen atoms in total. The monoisotopic (exact) mass is 384 g/mol. The summed E-state index contributed by atoms with van der Waals surface area (Å²) in [6.45, 7) is -0.0410. The van der Waals surface area contributed by atoms with E-state index >= 15 is 0 Å². The lowest BCUT2D eigenvalue weighted by Gasteiger charge is -2.37. The highest BCUT2D eigenvalue weighted by Crippen LogP contribution is 2.45. The molecule has 0 saturated carbocycles. The fraction of sp³-hybridized carbons (Fsp3) is 0.111. The zero-order valence-corrected chi connectivity index (χ0v) is 14.5. The van der Waals surface area contributed by atoms with Crippen molar-refractivity contribution in [1.29, 1.82) is 0 Å². The summed E-state index contributed by atoms with van der Waals surface area (Å²) in [6.07, 6.45) is 3.18. The molecule has 1 amide bonds. The van der Waals surface area contributed by atoms with Gasteiger partial charge in [-0.2, -0.15) is 0 Å². The molecule has 1 aromatic carbocycles. The van der Waals surface area contributed by atoms with Gasteiger partial charge in [-0.3, -0.25) is 19.8 Å². The van der Waals surface area contributed by atoms with Crippen LogP contribution in [-0.4, -0.2) is 27.1 Å². The van der Waals surface area contributed by atoms with E-state index < -0.39 is 10.9 Å². The third-order valence-electron chi connectivity index (χ3n) is 4.10. The molecule has 0 spiro atoms. The van der Waals surface area contributed by atoms with E-state index in [2.05, 4.69) is 0 Å². The van der Waals surface area contributed by atoms with E-state index in [4.69, 9.17) is 9.15 Å². The predicted octanol–water partition coefficient (Wildman–Crippen LogP) is 3.07. The number of benzene rings is 1. The first-order valence-corrected chi connectivity index (χ1v) is 8.83. The molecule has 3 heterocycles.